The van der Waals surface area contributed by atoms with Crippen LogP contribution < -0.4 is 0 Å². The van der Waals surface area contributed by atoms with Gasteiger partial charge < -0.3 is 0 Å². The van der Waals surface area contributed by atoms with Gasteiger partial charge in [0.15, 0.2) is 0 Å². The van der Waals surface area contributed by atoms with Gasteiger partial charge in [0.2, 0.25) is 0 Å². The second kappa shape index (κ2) is 17.7. The van der Waals surface area contributed by atoms with Gasteiger partial charge in [-0.15, -0.1) is 22.7 Å². The predicted octanol–water partition coefficient (Wildman–Crippen LogP) is 15.5. The van der Waals surface area contributed by atoms with Crippen LogP contribution in [0.25, 0.3) is 52.8 Å². The molecule has 3 aromatic heterocycles. The Labute approximate surface area is 326 Å². The number of unbranched alkanes of at least 4 members (excludes halogenated alkanes) is 2. The van der Waals surface area contributed by atoms with Crippen molar-refractivity contribution >= 4 is 68.2 Å². The molecule has 0 saturated heterocycles. The van der Waals surface area contributed by atoms with Crippen molar-refractivity contribution in [1.82, 2.24) is 8.75 Å². The third-order valence-corrected chi connectivity index (χ3v) is 14.2. The quantitative estimate of drug-likeness (QED) is 0.0874. The lowest BCUT2D eigenvalue weighted by atomic mass is 9.92. The maximum absolute atomic E-state index is 4.87. The molecule has 0 radical (unpaired) electrons. The molecule has 2 atom stereocenters. The maximum atomic E-state index is 4.87. The third kappa shape index (κ3) is 8.25. The molecule has 0 amide bonds. The molecule has 4 heterocycles. The Kier molecular flexibility index (Phi) is 12.6. The van der Waals surface area contributed by atoms with E-state index in [-0.39, 0.29) is 0 Å². The van der Waals surface area contributed by atoms with E-state index in [1.165, 1.54) is 119 Å². The van der Waals surface area contributed by atoms with Gasteiger partial charge in [-0.25, -0.2) is 0 Å². The molecule has 270 valence electrons. The molecule has 0 saturated carbocycles. The van der Waals surface area contributed by atoms with Crippen LogP contribution in [-0.4, -0.2) is 8.75 Å². The van der Waals surface area contributed by atoms with Gasteiger partial charge in [0.25, 0.3) is 0 Å². The SMILES string of the molecule is CCCCC(CC)CCc1ccc(-c2ccc(-c3c4c(c(-c5ccc(-c6ccc(CCC(CC)CCCC)cc6)s5)c5nsnc35)N=S=N4)s2)cc1. The van der Waals surface area contributed by atoms with Crippen LogP contribution in [0.15, 0.2) is 81.5 Å². The molecule has 3 aromatic carbocycles. The molecular formula is C44H50N4S4. The normalized spacial score (nSPS) is 13.5. The second-order valence-corrected chi connectivity index (χ2v) is 17.5. The summed E-state index contributed by atoms with van der Waals surface area (Å²) in [6, 6.07) is 27.4. The van der Waals surface area contributed by atoms with E-state index in [2.05, 4.69) is 100 Å². The highest BCUT2D eigenvalue weighted by Crippen LogP contribution is 2.54. The van der Waals surface area contributed by atoms with E-state index in [9.17, 15) is 0 Å². The van der Waals surface area contributed by atoms with Crippen LogP contribution in [0.2, 0.25) is 0 Å². The Morgan fingerprint density at radius 1 is 0.500 bits per heavy atom. The summed E-state index contributed by atoms with van der Waals surface area (Å²) in [5.41, 5.74) is 11.2. The van der Waals surface area contributed by atoms with Crippen LogP contribution in [0.3, 0.4) is 0 Å². The lowest BCUT2D eigenvalue weighted by molar-refractivity contribution is 0.422. The van der Waals surface area contributed by atoms with Gasteiger partial charge in [-0.3, -0.25) is 0 Å². The predicted molar refractivity (Wildman–Crippen MR) is 230 cm³/mol. The molecule has 0 fully saturated rings. The van der Waals surface area contributed by atoms with Gasteiger partial charge in [0.05, 0.1) is 23.1 Å². The van der Waals surface area contributed by atoms with E-state index in [4.69, 9.17) is 17.5 Å². The molecule has 52 heavy (non-hydrogen) atoms. The Morgan fingerprint density at radius 2 is 0.923 bits per heavy atom. The highest BCUT2D eigenvalue weighted by molar-refractivity contribution is 7.58. The number of aryl methyl sites for hydroxylation is 2. The number of thiophene rings is 2. The molecule has 6 aromatic rings. The fraction of sp³-hybridized carbons (Fsp3) is 0.409. The van der Waals surface area contributed by atoms with Crippen molar-refractivity contribution in [2.75, 3.05) is 0 Å². The van der Waals surface area contributed by atoms with Crippen molar-refractivity contribution in [1.29, 1.82) is 0 Å². The molecule has 0 aliphatic carbocycles. The summed E-state index contributed by atoms with van der Waals surface area (Å²) in [5, 5.41) is 0. The Bertz CT molecular complexity index is 2000. The van der Waals surface area contributed by atoms with Crippen molar-refractivity contribution in [3.8, 4) is 41.8 Å². The molecule has 1 aliphatic rings. The molecule has 0 N–H and O–H groups in total. The average molecular weight is 763 g/mol. The van der Waals surface area contributed by atoms with Crippen LogP contribution in [0.4, 0.5) is 11.4 Å². The van der Waals surface area contributed by atoms with E-state index in [1.807, 2.05) is 0 Å². The van der Waals surface area contributed by atoms with Crippen LogP contribution in [0, 0.1) is 11.8 Å². The summed E-state index contributed by atoms with van der Waals surface area (Å²) in [6.07, 6.45) is 15.4. The zero-order chi connectivity index (χ0) is 35.9. The molecule has 7 rings (SSSR count). The van der Waals surface area contributed by atoms with Crippen molar-refractivity contribution in [3.63, 3.8) is 0 Å². The Balaban J connectivity index is 1.10. The molecule has 2 unspecified atom stereocenters. The zero-order valence-corrected chi connectivity index (χ0v) is 34.3. The molecule has 1 aliphatic heterocycles. The monoisotopic (exact) mass is 762 g/mol. The Hall–Kier alpha value is -3.30. The van der Waals surface area contributed by atoms with Crippen molar-refractivity contribution in [2.24, 2.45) is 20.6 Å². The van der Waals surface area contributed by atoms with E-state index in [0.29, 0.717) is 0 Å². The highest BCUT2D eigenvalue weighted by atomic mass is 32.1. The summed E-state index contributed by atoms with van der Waals surface area (Å²) < 4.78 is 19.5. The van der Waals surface area contributed by atoms with E-state index < -0.39 is 0 Å². The van der Waals surface area contributed by atoms with E-state index in [0.717, 1.165) is 68.0 Å². The Morgan fingerprint density at radius 3 is 1.33 bits per heavy atom. The van der Waals surface area contributed by atoms with Crippen molar-refractivity contribution in [3.05, 3.63) is 83.9 Å². The topological polar surface area (TPSA) is 50.5 Å². The summed E-state index contributed by atoms with van der Waals surface area (Å²) in [5.74, 6) is 1.67. The fourth-order valence-corrected chi connectivity index (χ4v) is 10.7. The minimum atomic E-state index is 0.836. The van der Waals surface area contributed by atoms with Gasteiger partial charge >= 0.3 is 0 Å². The van der Waals surface area contributed by atoms with Gasteiger partial charge in [0.1, 0.15) is 22.4 Å². The zero-order valence-electron chi connectivity index (χ0n) is 31.0. The molecule has 0 spiro atoms. The standard InChI is InChI=1S/C44H50N4S4/c1-5-9-11-29(7-3)13-15-31-17-21-33(22-18-31)35-25-27-37(49-35)39-41-43(47-51-45-41)40(44-42(39)46-52-48-44)38-28-26-36(50-38)34-23-19-32(20-24-34)16-14-30(8-4)12-10-6-2/h17-30H,5-16H2,1-4H3. The largest absolute Gasteiger partial charge is 0.172 e. The van der Waals surface area contributed by atoms with Crippen LogP contribution >= 0.6 is 34.4 Å². The van der Waals surface area contributed by atoms with Crippen molar-refractivity contribution < 1.29 is 0 Å². The van der Waals surface area contributed by atoms with Gasteiger partial charge in [0, 0.05) is 30.6 Å². The molecular weight excluding hydrogens is 713 g/mol. The summed E-state index contributed by atoms with van der Waals surface area (Å²) in [4.78, 5) is 4.82. The first-order chi connectivity index (χ1) is 25.6. The highest BCUT2D eigenvalue weighted by Gasteiger charge is 2.28. The third-order valence-electron chi connectivity index (χ3n) is 10.9. The van der Waals surface area contributed by atoms with Gasteiger partial charge in [-0.2, -0.15) is 17.5 Å². The molecule has 8 heteroatoms. The smallest absolute Gasteiger partial charge is 0.116 e. The fourth-order valence-electron chi connectivity index (χ4n) is 7.48. The molecule has 0 bridgehead atoms. The maximum Gasteiger partial charge on any atom is 0.116 e. The van der Waals surface area contributed by atoms with Crippen LogP contribution in [-0.2, 0) is 24.2 Å². The minimum Gasteiger partial charge on any atom is -0.172 e. The van der Waals surface area contributed by atoms with Crippen LogP contribution in [0.5, 0.6) is 0 Å². The number of hydrogen-bond donors (Lipinski definition) is 0. The summed E-state index contributed by atoms with van der Waals surface area (Å²) >= 11 is 6.16. The average Bonchev–Trinajstić information content (AvgIpc) is 4.03. The first-order valence-corrected chi connectivity index (χ1v) is 22.5. The lowest BCUT2D eigenvalue weighted by Gasteiger charge is -2.14. The first-order valence-electron chi connectivity index (χ1n) is 19.4. The summed E-state index contributed by atoms with van der Waals surface area (Å²) in [6.45, 7) is 9.26. The van der Waals surface area contributed by atoms with E-state index >= 15 is 0 Å². The summed E-state index contributed by atoms with van der Waals surface area (Å²) in [7, 11) is 0. The molecule has 4 nitrogen and oxygen atoms in total. The van der Waals surface area contributed by atoms with Gasteiger partial charge in [-0.05, 0) is 84.0 Å². The second-order valence-electron chi connectivity index (χ2n) is 14.3. The number of benzene rings is 3. The van der Waals surface area contributed by atoms with Crippen molar-refractivity contribution in [2.45, 2.75) is 105 Å². The lowest BCUT2D eigenvalue weighted by Crippen LogP contribution is -2.01. The number of hydrogen-bond acceptors (Lipinski definition) is 7. The number of rotatable bonds is 18. The van der Waals surface area contributed by atoms with Crippen LogP contribution in [0.1, 0.15) is 103 Å². The van der Waals surface area contributed by atoms with Gasteiger partial charge in [-0.1, -0.05) is 128 Å². The number of aromatic nitrogens is 2. The number of nitrogens with zero attached hydrogens (tertiary/aromatic N) is 4. The van der Waals surface area contributed by atoms with E-state index in [1.54, 1.807) is 22.7 Å². The first kappa shape index (κ1) is 37.0. The minimum absolute atomic E-state index is 0.836. The number of fused-ring (bicyclic) bond motifs is 2.